The van der Waals surface area contributed by atoms with Crippen molar-refractivity contribution in [3.05, 3.63) is 16.7 Å². The van der Waals surface area contributed by atoms with Gasteiger partial charge < -0.3 is 10.5 Å². The number of aromatic nitrogens is 1. The second-order valence-electron chi connectivity index (χ2n) is 4.09. The van der Waals surface area contributed by atoms with Crippen LogP contribution in [0.5, 0.6) is 5.75 Å². The number of thiazole rings is 1. The highest BCUT2D eigenvalue weighted by Crippen LogP contribution is 2.41. The molecule has 0 aliphatic rings. The summed E-state index contributed by atoms with van der Waals surface area (Å²) in [6.45, 7) is 6.78. The molecule has 0 atom stereocenters. The van der Waals surface area contributed by atoms with Gasteiger partial charge in [0.05, 0.1) is 16.3 Å². The van der Waals surface area contributed by atoms with Crippen LogP contribution in [0, 0.1) is 0 Å². The van der Waals surface area contributed by atoms with E-state index in [1.165, 1.54) is 11.3 Å². The number of hydrogen-bond acceptors (Lipinski definition) is 4. The summed E-state index contributed by atoms with van der Waals surface area (Å²) in [6.07, 6.45) is 0. The van der Waals surface area contributed by atoms with Crippen molar-refractivity contribution in [3.8, 4) is 5.75 Å². The lowest BCUT2D eigenvalue weighted by Gasteiger charge is -2.14. The standard InChI is InChI=1S/C12H15ClN2OS/c1-4-16-10-7(6(2)3)5-8(13)11-9(10)15-12(14)17-11/h5-6H,4H2,1-3H3,(H2,14,15). The Morgan fingerprint density at radius 2 is 2.24 bits per heavy atom. The van der Waals surface area contributed by atoms with Crippen LogP contribution in [0.3, 0.4) is 0 Å². The van der Waals surface area contributed by atoms with Crippen molar-refractivity contribution in [1.29, 1.82) is 0 Å². The fourth-order valence-electron chi connectivity index (χ4n) is 1.78. The highest BCUT2D eigenvalue weighted by Gasteiger charge is 2.18. The lowest BCUT2D eigenvalue weighted by atomic mass is 10.0. The van der Waals surface area contributed by atoms with Gasteiger partial charge in [0.1, 0.15) is 11.3 Å². The van der Waals surface area contributed by atoms with Crippen LogP contribution in [0.2, 0.25) is 5.02 Å². The van der Waals surface area contributed by atoms with Gasteiger partial charge in [0.2, 0.25) is 0 Å². The monoisotopic (exact) mass is 270 g/mol. The second-order valence-corrected chi connectivity index (χ2v) is 5.53. The Balaban J connectivity index is 2.77. The third kappa shape index (κ3) is 2.19. The summed E-state index contributed by atoms with van der Waals surface area (Å²) in [5.41, 5.74) is 7.61. The molecule has 1 aromatic carbocycles. The lowest BCUT2D eigenvalue weighted by molar-refractivity contribution is 0.339. The minimum absolute atomic E-state index is 0.335. The molecule has 0 aliphatic heterocycles. The van der Waals surface area contributed by atoms with E-state index in [1.807, 2.05) is 13.0 Å². The van der Waals surface area contributed by atoms with E-state index >= 15 is 0 Å². The molecule has 0 amide bonds. The van der Waals surface area contributed by atoms with Crippen LogP contribution in [0.25, 0.3) is 10.2 Å². The molecule has 2 rings (SSSR count). The molecule has 92 valence electrons. The SMILES string of the molecule is CCOc1c(C(C)C)cc(Cl)c2sc(N)nc12. The molecule has 1 aromatic heterocycles. The van der Waals surface area contributed by atoms with Crippen molar-refractivity contribution in [2.24, 2.45) is 0 Å². The lowest BCUT2D eigenvalue weighted by Crippen LogP contribution is -1.99. The average molecular weight is 271 g/mol. The number of halogens is 1. The van der Waals surface area contributed by atoms with Crippen LogP contribution in [0.1, 0.15) is 32.3 Å². The number of anilines is 1. The van der Waals surface area contributed by atoms with Gasteiger partial charge in [-0.2, -0.15) is 0 Å². The highest BCUT2D eigenvalue weighted by molar-refractivity contribution is 7.22. The third-order valence-electron chi connectivity index (χ3n) is 2.53. The van der Waals surface area contributed by atoms with E-state index in [9.17, 15) is 0 Å². The number of fused-ring (bicyclic) bond motifs is 1. The molecule has 0 saturated heterocycles. The normalized spacial score (nSPS) is 11.4. The first-order valence-electron chi connectivity index (χ1n) is 5.55. The van der Waals surface area contributed by atoms with E-state index in [1.54, 1.807) is 0 Å². The molecule has 0 radical (unpaired) electrons. The van der Waals surface area contributed by atoms with Gasteiger partial charge in [-0.3, -0.25) is 0 Å². The maximum Gasteiger partial charge on any atom is 0.181 e. The van der Waals surface area contributed by atoms with Gasteiger partial charge >= 0.3 is 0 Å². The van der Waals surface area contributed by atoms with Gasteiger partial charge in [-0.05, 0) is 18.9 Å². The topological polar surface area (TPSA) is 48.1 Å². The van der Waals surface area contributed by atoms with E-state index in [4.69, 9.17) is 22.1 Å². The molecule has 0 bridgehead atoms. The summed E-state index contributed by atoms with van der Waals surface area (Å²) in [7, 11) is 0. The van der Waals surface area contributed by atoms with Gasteiger partial charge in [-0.25, -0.2) is 4.98 Å². The summed E-state index contributed by atoms with van der Waals surface area (Å²) < 4.78 is 6.61. The van der Waals surface area contributed by atoms with Crippen molar-refractivity contribution in [2.45, 2.75) is 26.7 Å². The summed E-state index contributed by atoms with van der Waals surface area (Å²) in [6, 6.07) is 1.96. The van der Waals surface area contributed by atoms with Crippen molar-refractivity contribution >= 4 is 38.3 Å². The van der Waals surface area contributed by atoms with Crippen LogP contribution in [0.4, 0.5) is 5.13 Å². The van der Waals surface area contributed by atoms with E-state index in [0.717, 1.165) is 21.5 Å². The summed E-state index contributed by atoms with van der Waals surface area (Å²) in [5.74, 6) is 1.15. The zero-order chi connectivity index (χ0) is 12.6. The smallest absolute Gasteiger partial charge is 0.181 e. The first-order chi connectivity index (χ1) is 8.04. The number of rotatable bonds is 3. The molecule has 1 heterocycles. The predicted octanol–water partition coefficient (Wildman–Crippen LogP) is 4.05. The quantitative estimate of drug-likeness (QED) is 0.915. The number of ether oxygens (including phenoxy) is 1. The van der Waals surface area contributed by atoms with Crippen LogP contribution < -0.4 is 10.5 Å². The summed E-state index contributed by atoms with van der Waals surface area (Å²) >= 11 is 7.64. The largest absolute Gasteiger partial charge is 0.491 e. The first-order valence-corrected chi connectivity index (χ1v) is 6.75. The van der Waals surface area contributed by atoms with E-state index in [-0.39, 0.29) is 0 Å². The molecule has 0 fully saturated rings. The first kappa shape index (κ1) is 12.5. The number of benzene rings is 1. The van der Waals surface area contributed by atoms with E-state index < -0.39 is 0 Å². The zero-order valence-electron chi connectivity index (χ0n) is 10.1. The molecular formula is C12H15ClN2OS. The third-order valence-corrected chi connectivity index (χ3v) is 3.86. The Kier molecular flexibility index (Phi) is 3.45. The van der Waals surface area contributed by atoms with Crippen molar-refractivity contribution in [3.63, 3.8) is 0 Å². The van der Waals surface area contributed by atoms with Gasteiger partial charge in [0.15, 0.2) is 5.13 Å². The molecule has 5 heteroatoms. The van der Waals surface area contributed by atoms with E-state index in [2.05, 4.69) is 18.8 Å². The molecule has 0 saturated carbocycles. The molecular weight excluding hydrogens is 256 g/mol. The predicted molar refractivity (Wildman–Crippen MR) is 74.3 cm³/mol. The van der Waals surface area contributed by atoms with Gasteiger partial charge in [0, 0.05) is 5.56 Å². The molecule has 0 spiro atoms. The highest BCUT2D eigenvalue weighted by atomic mass is 35.5. The number of nitrogens with zero attached hydrogens (tertiary/aromatic N) is 1. The molecule has 0 unspecified atom stereocenters. The van der Waals surface area contributed by atoms with E-state index in [0.29, 0.717) is 22.7 Å². The maximum atomic E-state index is 6.25. The van der Waals surface area contributed by atoms with Crippen molar-refractivity contribution < 1.29 is 4.74 Å². The summed E-state index contributed by atoms with van der Waals surface area (Å²) in [5, 5.41) is 1.21. The van der Waals surface area contributed by atoms with Crippen LogP contribution in [-0.2, 0) is 0 Å². The van der Waals surface area contributed by atoms with Crippen LogP contribution in [-0.4, -0.2) is 11.6 Å². The number of hydrogen-bond donors (Lipinski definition) is 1. The zero-order valence-corrected chi connectivity index (χ0v) is 11.7. The Bertz CT molecular complexity index is 551. The Hall–Kier alpha value is -1.00. The van der Waals surface area contributed by atoms with Crippen LogP contribution >= 0.6 is 22.9 Å². The molecule has 2 N–H and O–H groups in total. The van der Waals surface area contributed by atoms with Gasteiger partial charge in [-0.1, -0.05) is 36.8 Å². The Morgan fingerprint density at radius 1 is 1.53 bits per heavy atom. The maximum absolute atomic E-state index is 6.25. The molecule has 0 aliphatic carbocycles. The summed E-state index contributed by atoms with van der Waals surface area (Å²) in [4.78, 5) is 4.32. The number of nitrogens with two attached hydrogens (primary N) is 1. The fraction of sp³-hybridized carbons (Fsp3) is 0.417. The second kappa shape index (κ2) is 4.70. The van der Waals surface area contributed by atoms with Crippen molar-refractivity contribution in [2.75, 3.05) is 12.3 Å². The van der Waals surface area contributed by atoms with Crippen LogP contribution in [0.15, 0.2) is 6.07 Å². The fourth-order valence-corrected chi connectivity index (χ4v) is 2.84. The molecule has 2 aromatic rings. The van der Waals surface area contributed by atoms with Crippen molar-refractivity contribution in [1.82, 2.24) is 4.98 Å². The Labute approximate surface area is 110 Å². The molecule has 17 heavy (non-hydrogen) atoms. The minimum Gasteiger partial charge on any atom is -0.491 e. The van der Waals surface area contributed by atoms with Gasteiger partial charge in [-0.15, -0.1) is 0 Å². The number of nitrogen functional groups attached to an aromatic ring is 1. The minimum atomic E-state index is 0.335. The van der Waals surface area contributed by atoms with Gasteiger partial charge in [0.25, 0.3) is 0 Å². The average Bonchev–Trinajstić information content (AvgIpc) is 2.64. The molecule has 3 nitrogen and oxygen atoms in total. The Morgan fingerprint density at radius 3 is 2.82 bits per heavy atom.